The molecule has 0 aliphatic carbocycles. The molecule has 1 aromatic heterocycles. The molecule has 2 amide bonds. The van der Waals surface area contributed by atoms with Gasteiger partial charge in [0.05, 0.1) is 16.1 Å². The van der Waals surface area contributed by atoms with Crippen molar-refractivity contribution in [3.8, 4) is 0 Å². The third-order valence-corrected chi connectivity index (χ3v) is 3.54. The van der Waals surface area contributed by atoms with Crippen LogP contribution >= 0.6 is 22.9 Å². The van der Waals surface area contributed by atoms with E-state index in [-0.39, 0.29) is 0 Å². The second-order valence-electron chi connectivity index (χ2n) is 3.01. The van der Waals surface area contributed by atoms with Gasteiger partial charge in [0.2, 0.25) is 0 Å². The Balaban J connectivity index is 2.34. The lowest BCUT2D eigenvalue weighted by molar-refractivity contribution is 0.249. The molecule has 0 aliphatic rings. The molecule has 2 rings (SSSR count). The van der Waals surface area contributed by atoms with Crippen LogP contribution in [0.15, 0.2) is 29.4 Å². The van der Waals surface area contributed by atoms with Gasteiger partial charge in [0.1, 0.15) is 0 Å². The lowest BCUT2D eigenvalue weighted by Gasteiger charge is -1.90. The molecular formula is C10H8ClN3OS. The molecule has 0 aliphatic heterocycles. The number of nitrogens with zero attached hydrogens (tertiary/aromatic N) is 1. The molecule has 4 nitrogen and oxygen atoms in total. The van der Waals surface area contributed by atoms with E-state index >= 15 is 0 Å². The number of fused-ring (bicyclic) bond motifs is 1. The third kappa shape index (κ3) is 2.15. The maximum atomic E-state index is 10.4. The lowest BCUT2D eigenvalue weighted by atomic mass is 10.2. The number of hydrogen-bond acceptors (Lipinski definition) is 3. The van der Waals surface area contributed by atoms with Crippen LogP contribution in [-0.2, 0) is 0 Å². The molecule has 0 saturated heterocycles. The molecule has 0 atom stereocenters. The van der Waals surface area contributed by atoms with Crippen molar-refractivity contribution in [1.29, 1.82) is 0 Å². The highest BCUT2D eigenvalue weighted by molar-refractivity contribution is 7.21. The highest BCUT2D eigenvalue weighted by Gasteiger charge is 2.07. The van der Waals surface area contributed by atoms with Crippen molar-refractivity contribution in [2.75, 3.05) is 0 Å². The first-order valence-electron chi connectivity index (χ1n) is 4.44. The summed E-state index contributed by atoms with van der Waals surface area (Å²) < 4.78 is 1.08. The van der Waals surface area contributed by atoms with Gasteiger partial charge in [0.15, 0.2) is 0 Å². The molecule has 2 aromatic rings. The summed E-state index contributed by atoms with van der Waals surface area (Å²) in [5.41, 5.74) is 7.00. The molecule has 0 bridgehead atoms. The molecule has 0 radical (unpaired) electrons. The van der Waals surface area contributed by atoms with Crippen LogP contribution in [0, 0.1) is 0 Å². The highest BCUT2D eigenvalue weighted by Crippen LogP contribution is 2.33. The molecule has 16 heavy (non-hydrogen) atoms. The van der Waals surface area contributed by atoms with Crippen LogP contribution in [0.25, 0.3) is 10.1 Å². The van der Waals surface area contributed by atoms with Gasteiger partial charge in [-0.15, -0.1) is 11.3 Å². The summed E-state index contributed by atoms with van der Waals surface area (Å²) in [6, 6.07) is 7.08. The number of nitrogens with one attached hydrogen (secondary N) is 1. The molecule has 1 aromatic carbocycles. The summed E-state index contributed by atoms with van der Waals surface area (Å²) in [5, 5.41) is 5.29. The molecule has 3 N–H and O–H groups in total. The summed E-state index contributed by atoms with van der Waals surface area (Å²) in [7, 11) is 0. The second kappa shape index (κ2) is 4.51. The average molecular weight is 254 g/mol. The van der Waals surface area contributed by atoms with E-state index < -0.39 is 6.03 Å². The largest absolute Gasteiger partial charge is 0.350 e. The van der Waals surface area contributed by atoms with Gasteiger partial charge in [-0.05, 0) is 6.07 Å². The number of urea groups is 1. The van der Waals surface area contributed by atoms with E-state index in [4.69, 9.17) is 17.3 Å². The van der Waals surface area contributed by atoms with Crippen molar-refractivity contribution in [3.63, 3.8) is 0 Å². The number of amides is 2. The molecule has 1 heterocycles. The Kier molecular flexibility index (Phi) is 3.07. The Morgan fingerprint density at radius 1 is 1.50 bits per heavy atom. The maximum Gasteiger partial charge on any atom is 0.332 e. The fraction of sp³-hybridized carbons (Fsp3) is 0. The molecule has 0 fully saturated rings. The van der Waals surface area contributed by atoms with E-state index in [0.717, 1.165) is 15.0 Å². The first-order valence-corrected chi connectivity index (χ1v) is 5.63. The number of carbonyl (C=O) groups excluding carboxylic acids is 1. The number of carbonyl (C=O) groups is 1. The third-order valence-electron chi connectivity index (χ3n) is 1.92. The Morgan fingerprint density at radius 2 is 2.25 bits per heavy atom. The zero-order chi connectivity index (χ0) is 11.5. The number of rotatable bonds is 2. The van der Waals surface area contributed by atoms with Crippen molar-refractivity contribution >= 4 is 45.3 Å². The summed E-state index contributed by atoms with van der Waals surface area (Å²) in [4.78, 5) is 11.2. The Hall–Kier alpha value is -1.59. The fourth-order valence-electron chi connectivity index (χ4n) is 1.27. The van der Waals surface area contributed by atoms with Crippen LogP contribution in [0.3, 0.4) is 0 Å². The SMILES string of the molecule is NC(=O)N/N=C\c1sc2ccccc2c1Cl. The van der Waals surface area contributed by atoms with Gasteiger partial charge in [-0.1, -0.05) is 29.8 Å². The predicted molar refractivity (Wildman–Crippen MR) is 67.1 cm³/mol. The summed E-state index contributed by atoms with van der Waals surface area (Å²) in [6.45, 7) is 0. The van der Waals surface area contributed by atoms with Gasteiger partial charge in [0, 0.05) is 10.1 Å². The van der Waals surface area contributed by atoms with E-state index in [9.17, 15) is 4.79 Å². The maximum absolute atomic E-state index is 10.4. The first-order chi connectivity index (χ1) is 7.68. The van der Waals surface area contributed by atoms with Gasteiger partial charge in [-0.25, -0.2) is 10.2 Å². The molecule has 0 saturated carbocycles. The van der Waals surface area contributed by atoms with Crippen molar-refractivity contribution in [2.45, 2.75) is 0 Å². The summed E-state index contributed by atoms with van der Waals surface area (Å²) >= 11 is 7.65. The first kappa shape index (κ1) is 10.9. The van der Waals surface area contributed by atoms with Crippen LogP contribution in [0.4, 0.5) is 4.79 Å². The van der Waals surface area contributed by atoms with E-state index in [2.05, 4.69) is 10.5 Å². The number of hydrogen-bond donors (Lipinski definition) is 2. The summed E-state index contributed by atoms with van der Waals surface area (Å²) in [5.74, 6) is 0. The zero-order valence-corrected chi connectivity index (χ0v) is 9.68. The molecule has 82 valence electrons. The van der Waals surface area contributed by atoms with Crippen molar-refractivity contribution in [3.05, 3.63) is 34.2 Å². The topological polar surface area (TPSA) is 67.5 Å². The van der Waals surface area contributed by atoms with Crippen molar-refractivity contribution in [2.24, 2.45) is 10.8 Å². The van der Waals surface area contributed by atoms with Gasteiger partial charge in [0.25, 0.3) is 0 Å². The van der Waals surface area contributed by atoms with Crippen molar-refractivity contribution < 1.29 is 4.79 Å². The second-order valence-corrected chi connectivity index (χ2v) is 4.47. The van der Waals surface area contributed by atoms with E-state index in [1.807, 2.05) is 24.3 Å². The molecule has 0 spiro atoms. The monoisotopic (exact) mass is 253 g/mol. The number of nitrogens with two attached hydrogens (primary N) is 1. The number of benzene rings is 1. The highest BCUT2D eigenvalue weighted by atomic mass is 35.5. The Morgan fingerprint density at radius 3 is 2.94 bits per heavy atom. The minimum Gasteiger partial charge on any atom is -0.350 e. The minimum absolute atomic E-state index is 0.635. The molecule has 0 unspecified atom stereocenters. The van der Waals surface area contributed by atoms with Gasteiger partial charge in [-0.2, -0.15) is 5.10 Å². The van der Waals surface area contributed by atoms with Crippen molar-refractivity contribution in [1.82, 2.24) is 5.43 Å². The van der Waals surface area contributed by atoms with Gasteiger partial charge < -0.3 is 5.73 Å². The number of halogens is 1. The number of thiophene rings is 1. The average Bonchev–Trinajstić information content (AvgIpc) is 2.56. The van der Waals surface area contributed by atoms with Crippen LogP contribution < -0.4 is 11.2 Å². The fourth-order valence-corrected chi connectivity index (χ4v) is 2.62. The van der Waals surface area contributed by atoms with E-state index in [1.165, 1.54) is 17.6 Å². The lowest BCUT2D eigenvalue weighted by Crippen LogP contribution is -2.24. The Labute approximate surface area is 101 Å². The van der Waals surface area contributed by atoms with Gasteiger partial charge >= 0.3 is 6.03 Å². The van der Waals surface area contributed by atoms with Crippen LogP contribution in [0.2, 0.25) is 5.02 Å². The smallest absolute Gasteiger partial charge is 0.332 e. The normalized spacial score (nSPS) is 11.1. The zero-order valence-electron chi connectivity index (χ0n) is 8.11. The van der Waals surface area contributed by atoms with Crippen LogP contribution in [0.1, 0.15) is 4.88 Å². The van der Waals surface area contributed by atoms with E-state index in [0.29, 0.717) is 5.02 Å². The molecule has 6 heteroatoms. The number of hydrazone groups is 1. The van der Waals surface area contributed by atoms with Crippen LogP contribution in [-0.4, -0.2) is 12.2 Å². The quantitative estimate of drug-likeness (QED) is 0.627. The van der Waals surface area contributed by atoms with E-state index in [1.54, 1.807) is 0 Å². The standard InChI is InChI=1S/C10H8ClN3OS/c11-9-6-3-1-2-4-7(6)16-8(9)5-13-14-10(12)15/h1-5H,(H3,12,14,15)/b13-5-. The molecular weight excluding hydrogens is 246 g/mol. The Bertz CT molecular complexity index is 564. The van der Waals surface area contributed by atoms with Crippen LogP contribution in [0.5, 0.6) is 0 Å². The van der Waals surface area contributed by atoms with Gasteiger partial charge in [-0.3, -0.25) is 0 Å². The predicted octanol–water partition coefficient (Wildman–Crippen LogP) is 2.56. The minimum atomic E-state index is -0.700. The summed E-state index contributed by atoms with van der Waals surface area (Å²) in [6.07, 6.45) is 1.48. The number of primary amides is 1.